The van der Waals surface area contributed by atoms with Crippen LogP contribution in [0, 0.1) is 5.82 Å². The number of carbonyl (C=O) groups is 2. The molecular formula is C22H26FN5O4. The molecule has 1 fully saturated rings. The molecule has 170 valence electrons. The summed E-state index contributed by atoms with van der Waals surface area (Å²) in [5.41, 5.74) is 1.44. The van der Waals surface area contributed by atoms with Gasteiger partial charge in [0.05, 0.1) is 37.6 Å². The van der Waals surface area contributed by atoms with E-state index in [1.807, 2.05) is 20.8 Å². The molecule has 2 aromatic rings. The van der Waals surface area contributed by atoms with Gasteiger partial charge in [0.25, 0.3) is 0 Å². The Morgan fingerprint density at radius 3 is 2.62 bits per heavy atom. The first kappa shape index (κ1) is 21.9. The van der Waals surface area contributed by atoms with Crippen LogP contribution in [0.15, 0.2) is 18.2 Å². The van der Waals surface area contributed by atoms with Crippen LogP contribution in [0.2, 0.25) is 0 Å². The molecule has 4 rings (SSSR count). The van der Waals surface area contributed by atoms with Gasteiger partial charge in [0.1, 0.15) is 17.2 Å². The summed E-state index contributed by atoms with van der Waals surface area (Å²) in [6.45, 7) is 8.42. The number of aromatic nitrogens is 2. The second kappa shape index (κ2) is 8.70. The minimum absolute atomic E-state index is 0.217. The quantitative estimate of drug-likeness (QED) is 0.726. The second-order valence-electron chi connectivity index (χ2n) is 8.69. The minimum atomic E-state index is -0.615. The Balaban J connectivity index is 1.71. The van der Waals surface area contributed by atoms with Crippen LogP contribution in [0.3, 0.4) is 0 Å². The molecule has 0 aliphatic carbocycles. The van der Waals surface area contributed by atoms with E-state index in [2.05, 4.69) is 15.2 Å². The van der Waals surface area contributed by atoms with Crippen LogP contribution in [0.25, 0.3) is 11.4 Å². The standard InChI is InChI=1S/C22H26FN5O4/c1-22(2,3)32-21(30)28-11-16-18(12-28)25-19(26-20(16)27-6-8-31-9-7-27)15-5-4-14(24-13-29)10-17(15)23/h4-5,10,13H,6-9,11-12H2,1-3H3,(H,24,29). The molecular weight excluding hydrogens is 417 g/mol. The Labute approximate surface area is 185 Å². The predicted octanol–water partition coefficient (Wildman–Crippen LogP) is 2.94. The molecule has 10 heteroatoms. The molecule has 0 radical (unpaired) electrons. The molecule has 0 bridgehead atoms. The normalized spacial score (nSPS) is 16.0. The largest absolute Gasteiger partial charge is 0.444 e. The lowest BCUT2D eigenvalue weighted by atomic mass is 10.1. The van der Waals surface area contributed by atoms with Crippen LogP contribution in [0.5, 0.6) is 0 Å². The fraction of sp³-hybridized carbons (Fsp3) is 0.455. The summed E-state index contributed by atoms with van der Waals surface area (Å²) >= 11 is 0. The maximum absolute atomic E-state index is 14.8. The molecule has 0 saturated carbocycles. The van der Waals surface area contributed by atoms with Crippen molar-refractivity contribution >= 4 is 24.0 Å². The number of carbonyl (C=O) groups excluding carboxylic acids is 2. The molecule has 1 saturated heterocycles. The lowest BCUT2D eigenvalue weighted by Crippen LogP contribution is -2.38. The zero-order valence-electron chi connectivity index (χ0n) is 18.4. The predicted molar refractivity (Wildman–Crippen MR) is 116 cm³/mol. The number of halogens is 1. The van der Waals surface area contributed by atoms with Gasteiger partial charge in [-0.25, -0.2) is 19.2 Å². The van der Waals surface area contributed by atoms with Gasteiger partial charge in [-0.15, -0.1) is 0 Å². The Bertz CT molecular complexity index is 1030. The van der Waals surface area contributed by atoms with Gasteiger partial charge in [-0.05, 0) is 39.0 Å². The van der Waals surface area contributed by atoms with Crippen molar-refractivity contribution < 1.29 is 23.5 Å². The molecule has 9 nitrogen and oxygen atoms in total. The Morgan fingerprint density at radius 1 is 1.22 bits per heavy atom. The van der Waals surface area contributed by atoms with Crippen LogP contribution in [0.4, 0.5) is 20.7 Å². The van der Waals surface area contributed by atoms with E-state index < -0.39 is 17.5 Å². The van der Waals surface area contributed by atoms with Crippen molar-refractivity contribution in [1.29, 1.82) is 0 Å². The molecule has 2 amide bonds. The summed E-state index contributed by atoms with van der Waals surface area (Å²) in [4.78, 5) is 36.2. The number of anilines is 2. The lowest BCUT2D eigenvalue weighted by Gasteiger charge is -2.29. The maximum Gasteiger partial charge on any atom is 0.410 e. The van der Waals surface area contributed by atoms with Gasteiger partial charge in [-0.1, -0.05) is 0 Å². The summed E-state index contributed by atoms with van der Waals surface area (Å²) in [5, 5.41) is 2.43. The zero-order valence-corrected chi connectivity index (χ0v) is 18.4. The van der Waals surface area contributed by atoms with E-state index >= 15 is 0 Å². The molecule has 32 heavy (non-hydrogen) atoms. The van der Waals surface area contributed by atoms with Crippen molar-refractivity contribution in [3.8, 4) is 11.4 Å². The number of nitrogens with zero attached hydrogens (tertiary/aromatic N) is 4. The molecule has 0 atom stereocenters. The average Bonchev–Trinajstić information content (AvgIpc) is 3.17. The van der Waals surface area contributed by atoms with Gasteiger partial charge >= 0.3 is 6.09 Å². The van der Waals surface area contributed by atoms with E-state index in [9.17, 15) is 14.0 Å². The van der Waals surface area contributed by atoms with E-state index in [4.69, 9.17) is 14.5 Å². The van der Waals surface area contributed by atoms with Crippen molar-refractivity contribution in [2.24, 2.45) is 0 Å². The van der Waals surface area contributed by atoms with Crippen molar-refractivity contribution in [2.75, 3.05) is 36.5 Å². The monoisotopic (exact) mass is 443 g/mol. The van der Waals surface area contributed by atoms with E-state index in [0.717, 1.165) is 5.56 Å². The zero-order chi connectivity index (χ0) is 22.9. The summed E-state index contributed by atoms with van der Waals surface area (Å²) < 4.78 is 25.8. The molecule has 1 N–H and O–H groups in total. The van der Waals surface area contributed by atoms with Crippen molar-refractivity contribution in [3.63, 3.8) is 0 Å². The summed E-state index contributed by atoms with van der Waals surface area (Å²) in [6.07, 6.45) is 0.0581. The van der Waals surface area contributed by atoms with Crippen LogP contribution < -0.4 is 10.2 Å². The Hall–Kier alpha value is -3.27. The van der Waals surface area contributed by atoms with E-state index in [0.29, 0.717) is 56.5 Å². The first-order valence-corrected chi connectivity index (χ1v) is 10.5. The molecule has 2 aliphatic rings. The van der Waals surface area contributed by atoms with Crippen LogP contribution in [-0.2, 0) is 27.4 Å². The molecule has 0 spiro atoms. The number of amides is 2. The number of nitrogens with one attached hydrogen (secondary N) is 1. The number of hydrogen-bond acceptors (Lipinski definition) is 7. The highest BCUT2D eigenvalue weighted by Gasteiger charge is 2.33. The lowest BCUT2D eigenvalue weighted by molar-refractivity contribution is -0.105. The highest BCUT2D eigenvalue weighted by molar-refractivity contribution is 5.74. The van der Waals surface area contributed by atoms with Crippen molar-refractivity contribution in [3.05, 3.63) is 35.3 Å². The van der Waals surface area contributed by atoms with Gasteiger partial charge in [0.2, 0.25) is 6.41 Å². The first-order valence-electron chi connectivity index (χ1n) is 10.5. The van der Waals surface area contributed by atoms with E-state index in [1.54, 1.807) is 11.0 Å². The average molecular weight is 443 g/mol. The summed E-state index contributed by atoms with van der Waals surface area (Å²) in [7, 11) is 0. The first-order chi connectivity index (χ1) is 15.2. The SMILES string of the molecule is CC(C)(C)OC(=O)N1Cc2nc(-c3ccc(NC=O)cc3F)nc(N3CCOCC3)c2C1. The topological polar surface area (TPSA) is 96.9 Å². The smallest absolute Gasteiger partial charge is 0.410 e. The molecule has 0 unspecified atom stereocenters. The van der Waals surface area contributed by atoms with Gasteiger partial charge in [0, 0.05) is 24.3 Å². The van der Waals surface area contributed by atoms with Crippen molar-refractivity contribution in [2.45, 2.75) is 39.5 Å². The van der Waals surface area contributed by atoms with Crippen LogP contribution in [-0.4, -0.2) is 59.3 Å². The third-order valence-corrected chi connectivity index (χ3v) is 5.16. The Morgan fingerprint density at radius 2 is 1.97 bits per heavy atom. The fourth-order valence-electron chi connectivity index (χ4n) is 3.70. The number of hydrogen-bond donors (Lipinski definition) is 1. The van der Waals surface area contributed by atoms with Gasteiger partial charge in [-0.2, -0.15) is 0 Å². The molecule has 3 heterocycles. The molecule has 1 aromatic carbocycles. The van der Waals surface area contributed by atoms with E-state index in [1.165, 1.54) is 12.1 Å². The minimum Gasteiger partial charge on any atom is -0.444 e. The van der Waals surface area contributed by atoms with Crippen LogP contribution in [0.1, 0.15) is 32.0 Å². The summed E-state index contributed by atoms with van der Waals surface area (Å²) in [6, 6.07) is 4.35. The number of rotatable bonds is 4. The number of ether oxygens (including phenoxy) is 2. The van der Waals surface area contributed by atoms with Gasteiger partial charge < -0.3 is 19.7 Å². The Kier molecular flexibility index (Phi) is 5.96. The highest BCUT2D eigenvalue weighted by Crippen LogP contribution is 2.34. The number of morpholine rings is 1. The molecule has 1 aromatic heterocycles. The van der Waals surface area contributed by atoms with E-state index in [-0.39, 0.29) is 17.9 Å². The number of benzene rings is 1. The molecule has 2 aliphatic heterocycles. The van der Waals surface area contributed by atoms with Crippen LogP contribution >= 0.6 is 0 Å². The number of fused-ring (bicyclic) bond motifs is 1. The second-order valence-corrected chi connectivity index (χ2v) is 8.69. The maximum atomic E-state index is 14.8. The fourth-order valence-corrected chi connectivity index (χ4v) is 3.70. The summed E-state index contributed by atoms with van der Waals surface area (Å²) in [5.74, 6) is 0.354. The third-order valence-electron chi connectivity index (χ3n) is 5.16. The third kappa shape index (κ3) is 4.64. The van der Waals surface area contributed by atoms with Gasteiger partial charge in [0.15, 0.2) is 5.82 Å². The van der Waals surface area contributed by atoms with Crippen molar-refractivity contribution in [1.82, 2.24) is 14.9 Å². The van der Waals surface area contributed by atoms with Gasteiger partial charge in [-0.3, -0.25) is 9.69 Å². The highest BCUT2D eigenvalue weighted by atomic mass is 19.1.